The van der Waals surface area contributed by atoms with E-state index < -0.39 is 0 Å². The first kappa shape index (κ1) is 19.7. The molecular formula is C25H29NO3. The number of likely N-dealkylation sites (tertiary alicyclic amines) is 1. The third-order valence-electron chi connectivity index (χ3n) is 5.80. The van der Waals surface area contributed by atoms with Crippen LogP contribution in [0, 0.1) is 0 Å². The van der Waals surface area contributed by atoms with Gasteiger partial charge >= 0.3 is 5.97 Å². The fraction of sp³-hybridized carbons (Fsp3) is 0.400. The third kappa shape index (κ3) is 4.54. The van der Waals surface area contributed by atoms with Crippen molar-refractivity contribution in [3.05, 3.63) is 70.8 Å². The van der Waals surface area contributed by atoms with Gasteiger partial charge in [0.25, 0.3) is 0 Å². The van der Waals surface area contributed by atoms with Gasteiger partial charge in [0.1, 0.15) is 12.4 Å². The van der Waals surface area contributed by atoms with Crippen LogP contribution in [0.4, 0.5) is 0 Å². The molecule has 0 unspecified atom stereocenters. The molecule has 4 nitrogen and oxygen atoms in total. The zero-order valence-corrected chi connectivity index (χ0v) is 17.2. The monoisotopic (exact) mass is 391 g/mol. The minimum Gasteiger partial charge on any atom is -0.488 e. The van der Waals surface area contributed by atoms with Gasteiger partial charge in [0.2, 0.25) is 0 Å². The molecule has 152 valence electrons. The van der Waals surface area contributed by atoms with E-state index in [2.05, 4.69) is 47.4 Å². The predicted octanol–water partition coefficient (Wildman–Crippen LogP) is 4.82. The van der Waals surface area contributed by atoms with Crippen molar-refractivity contribution in [3.8, 4) is 5.75 Å². The van der Waals surface area contributed by atoms with Crippen LogP contribution < -0.4 is 4.74 Å². The Bertz CT molecular complexity index is 843. The molecule has 2 aliphatic rings. The lowest BCUT2D eigenvalue weighted by atomic mass is 9.86. The number of carbonyl (C=O) groups excluding carboxylic acids is 1. The Morgan fingerprint density at radius 3 is 2.55 bits per heavy atom. The van der Waals surface area contributed by atoms with Gasteiger partial charge < -0.3 is 14.4 Å². The second-order valence-corrected chi connectivity index (χ2v) is 7.67. The molecule has 1 saturated heterocycles. The highest BCUT2D eigenvalue weighted by Crippen LogP contribution is 2.40. The highest BCUT2D eigenvalue weighted by atomic mass is 16.5. The van der Waals surface area contributed by atoms with Crippen molar-refractivity contribution < 1.29 is 14.3 Å². The molecule has 2 aromatic rings. The van der Waals surface area contributed by atoms with Gasteiger partial charge in [-0.25, -0.2) is 0 Å². The van der Waals surface area contributed by atoms with E-state index in [0.717, 1.165) is 44.6 Å². The zero-order chi connectivity index (χ0) is 20.1. The Morgan fingerprint density at radius 1 is 1.03 bits per heavy atom. The average molecular weight is 392 g/mol. The summed E-state index contributed by atoms with van der Waals surface area (Å²) >= 11 is 0. The molecule has 2 heterocycles. The van der Waals surface area contributed by atoms with Crippen LogP contribution in [0.5, 0.6) is 5.75 Å². The summed E-state index contributed by atoms with van der Waals surface area (Å²) < 4.78 is 11.2. The molecule has 2 aromatic carbocycles. The summed E-state index contributed by atoms with van der Waals surface area (Å²) in [5.74, 6) is 0.891. The molecule has 0 spiro atoms. The molecule has 0 saturated carbocycles. The van der Waals surface area contributed by atoms with Gasteiger partial charge in [0.15, 0.2) is 0 Å². The minimum atomic E-state index is -0.0843. The van der Waals surface area contributed by atoms with Crippen molar-refractivity contribution in [2.45, 2.75) is 39.2 Å². The number of hydrogen-bond donors (Lipinski definition) is 0. The molecule has 4 heteroatoms. The second-order valence-electron chi connectivity index (χ2n) is 7.67. The van der Waals surface area contributed by atoms with Crippen LogP contribution in [0.2, 0.25) is 0 Å². The molecule has 0 bridgehead atoms. The lowest BCUT2D eigenvalue weighted by Gasteiger charge is -2.30. The fourth-order valence-electron chi connectivity index (χ4n) is 4.35. The normalized spacial score (nSPS) is 16.4. The van der Waals surface area contributed by atoms with E-state index in [0.29, 0.717) is 19.6 Å². The molecule has 0 aromatic heterocycles. The first-order chi connectivity index (χ1) is 14.3. The summed E-state index contributed by atoms with van der Waals surface area (Å²) in [6.07, 6.45) is 3.48. The van der Waals surface area contributed by atoms with Gasteiger partial charge in [-0.05, 0) is 55.5 Å². The van der Waals surface area contributed by atoms with Gasteiger partial charge in [-0.15, -0.1) is 0 Å². The smallest absolute Gasteiger partial charge is 0.305 e. The molecule has 0 radical (unpaired) electrons. The average Bonchev–Trinajstić information content (AvgIpc) is 2.92. The number of carbonyl (C=O) groups is 1. The van der Waals surface area contributed by atoms with Crippen LogP contribution in [0.1, 0.15) is 49.3 Å². The Morgan fingerprint density at radius 2 is 1.76 bits per heavy atom. The molecule has 4 rings (SSSR count). The van der Waals surface area contributed by atoms with Gasteiger partial charge in [-0.2, -0.15) is 0 Å². The lowest BCUT2D eigenvalue weighted by molar-refractivity contribution is -0.143. The van der Waals surface area contributed by atoms with Gasteiger partial charge in [0, 0.05) is 25.1 Å². The van der Waals surface area contributed by atoms with Crippen molar-refractivity contribution in [3.63, 3.8) is 0 Å². The van der Waals surface area contributed by atoms with E-state index in [1.807, 2.05) is 13.0 Å². The van der Waals surface area contributed by atoms with Gasteiger partial charge in [0.05, 0.1) is 6.61 Å². The first-order valence-corrected chi connectivity index (χ1v) is 10.7. The number of para-hydroxylation sites is 1. The van der Waals surface area contributed by atoms with Crippen molar-refractivity contribution in [1.29, 1.82) is 0 Å². The summed E-state index contributed by atoms with van der Waals surface area (Å²) in [5, 5.41) is 0. The number of benzene rings is 2. The van der Waals surface area contributed by atoms with Crippen molar-refractivity contribution in [2.75, 3.05) is 26.2 Å². The van der Waals surface area contributed by atoms with Crippen LogP contribution in [0.25, 0.3) is 5.57 Å². The molecule has 0 N–H and O–H groups in total. The second kappa shape index (κ2) is 9.27. The number of rotatable bonds is 5. The molecule has 1 fully saturated rings. The van der Waals surface area contributed by atoms with Crippen molar-refractivity contribution in [1.82, 2.24) is 4.90 Å². The minimum absolute atomic E-state index is 0.0843. The van der Waals surface area contributed by atoms with Crippen LogP contribution in [0.15, 0.2) is 54.1 Å². The van der Waals surface area contributed by atoms with Crippen molar-refractivity contribution >= 4 is 11.5 Å². The van der Waals surface area contributed by atoms with Gasteiger partial charge in [-0.3, -0.25) is 4.79 Å². The van der Waals surface area contributed by atoms with E-state index in [-0.39, 0.29) is 5.97 Å². The fourth-order valence-corrected chi connectivity index (χ4v) is 4.35. The molecule has 29 heavy (non-hydrogen) atoms. The number of fused-ring (bicyclic) bond motifs is 2. The quantitative estimate of drug-likeness (QED) is 0.685. The van der Waals surface area contributed by atoms with Crippen LogP contribution in [0.3, 0.4) is 0 Å². The Kier molecular flexibility index (Phi) is 6.30. The summed E-state index contributed by atoms with van der Waals surface area (Å²) in [7, 11) is 0. The number of nitrogens with zero attached hydrogens (tertiary/aromatic N) is 1. The third-order valence-corrected chi connectivity index (χ3v) is 5.80. The highest BCUT2D eigenvalue weighted by Gasteiger charge is 2.24. The number of ether oxygens (including phenoxy) is 2. The van der Waals surface area contributed by atoms with E-state index >= 15 is 0 Å². The molecule has 0 amide bonds. The van der Waals surface area contributed by atoms with E-state index in [9.17, 15) is 4.79 Å². The van der Waals surface area contributed by atoms with Crippen molar-refractivity contribution in [2.24, 2.45) is 0 Å². The maximum atomic E-state index is 11.5. The highest BCUT2D eigenvalue weighted by molar-refractivity contribution is 5.87. The molecular weight excluding hydrogens is 362 g/mol. The Hall–Kier alpha value is -2.59. The Labute approximate surface area is 173 Å². The molecule has 2 aliphatic heterocycles. The summed E-state index contributed by atoms with van der Waals surface area (Å²) in [6.45, 7) is 5.96. The molecule has 0 aliphatic carbocycles. The van der Waals surface area contributed by atoms with E-state index in [1.165, 1.54) is 27.8 Å². The Balaban J connectivity index is 1.52. The largest absolute Gasteiger partial charge is 0.488 e. The predicted molar refractivity (Wildman–Crippen MR) is 115 cm³/mol. The summed E-state index contributed by atoms with van der Waals surface area (Å²) in [4.78, 5) is 14.0. The van der Waals surface area contributed by atoms with Crippen LogP contribution in [-0.4, -0.2) is 37.1 Å². The SMILES string of the molecule is CCOC(=O)CCCN1CCC(=C2c3ccccc3COc3ccccc32)CC1. The number of hydrogen-bond acceptors (Lipinski definition) is 4. The standard InChI is InChI=1S/C25H29NO3/c1-2-28-24(27)12-7-15-26-16-13-19(14-17-26)25-21-9-4-3-8-20(21)18-29-23-11-6-5-10-22(23)25/h3-6,8-11H,2,7,12-18H2,1H3. The van der Waals surface area contributed by atoms with Gasteiger partial charge in [-0.1, -0.05) is 48.0 Å². The van der Waals surface area contributed by atoms with E-state index in [1.54, 1.807) is 0 Å². The first-order valence-electron chi connectivity index (χ1n) is 10.7. The topological polar surface area (TPSA) is 38.8 Å². The lowest BCUT2D eigenvalue weighted by Crippen LogP contribution is -2.32. The molecule has 0 atom stereocenters. The van der Waals surface area contributed by atoms with E-state index in [4.69, 9.17) is 9.47 Å². The van der Waals surface area contributed by atoms with Crippen LogP contribution >= 0.6 is 0 Å². The number of piperidine rings is 1. The summed E-state index contributed by atoms with van der Waals surface area (Å²) in [5.41, 5.74) is 6.64. The summed E-state index contributed by atoms with van der Waals surface area (Å²) in [6, 6.07) is 17.0. The maximum absolute atomic E-state index is 11.5. The number of esters is 1. The zero-order valence-electron chi connectivity index (χ0n) is 17.2. The van der Waals surface area contributed by atoms with Crippen LogP contribution in [-0.2, 0) is 16.1 Å². The maximum Gasteiger partial charge on any atom is 0.305 e.